The van der Waals surface area contributed by atoms with E-state index in [-0.39, 0.29) is 5.41 Å². The van der Waals surface area contributed by atoms with Crippen molar-refractivity contribution in [1.29, 1.82) is 0 Å². The molecule has 122 valence electrons. The second-order valence-corrected chi connectivity index (χ2v) is 7.18. The van der Waals surface area contributed by atoms with Crippen molar-refractivity contribution in [2.75, 3.05) is 19.7 Å². The Morgan fingerprint density at radius 1 is 1.32 bits per heavy atom. The Morgan fingerprint density at radius 2 is 2.14 bits per heavy atom. The van der Waals surface area contributed by atoms with Crippen LogP contribution in [0.25, 0.3) is 0 Å². The number of ether oxygens (including phenoxy) is 1. The zero-order valence-corrected chi connectivity index (χ0v) is 13.9. The minimum absolute atomic E-state index is 0.285. The Bertz CT molecular complexity index is 494. The van der Waals surface area contributed by atoms with Crippen LogP contribution in [0.4, 0.5) is 0 Å². The van der Waals surface area contributed by atoms with Crippen molar-refractivity contribution in [3.8, 4) is 5.75 Å². The predicted octanol–water partition coefficient (Wildman–Crippen LogP) is 2.82. The molecule has 1 aliphatic rings. The molecule has 1 amide bonds. The Kier molecular flexibility index (Phi) is 5.83. The standard InChI is InChI=1S/C18H28N2O2/c1-18(2,3)12-14-5-6-17-15(11-14)16(7-10-22-17)20-9-4-8-19-13-21/h5-6,11,13,16,20H,4,7-10,12H2,1-3H3,(H,19,21)/t16-/m0/s1. The average molecular weight is 304 g/mol. The molecule has 22 heavy (non-hydrogen) atoms. The van der Waals surface area contributed by atoms with Crippen molar-refractivity contribution in [2.24, 2.45) is 5.41 Å². The lowest BCUT2D eigenvalue weighted by Crippen LogP contribution is -2.29. The van der Waals surface area contributed by atoms with E-state index in [1.54, 1.807) is 0 Å². The van der Waals surface area contributed by atoms with E-state index in [0.29, 0.717) is 6.04 Å². The molecule has 0 bridgehead atoms. The van der Waals surface area contributed by atoms with Gasteiger partial charge in [-0.25, -0.2) is 0 Å². The molecular formula is C18H28N2O2. The molecule has 1 aliphatic heterocycles. The minimum atomic E-state index is 0.285. The van der Waals surface area contributed by atoms with E-state index in [2.05, 4.69) is 49.6 Å². The molecule has 0 saturated heterocycles. The molecule has 2 rings (SSSR count). The van der Waals surface area contributed by atoms with Crippen LogP contribution < -0.4 is 15.4 Å². The molecule has 1 aromatic carbocycles. The first-order valence-corrected chi connectivity index (χ1v) is 8.16. The van der Waals surface area contributed by atoms with Gasteiger partial charge in [0.25, 0.3) is 0 Å². The van der Waals surface area contributed by atoms with Crippen LogP contribution in [0.2, 0.25) is 0 Å². The van der Waals surface area contributed by atoms with Crippen LogP contribution >= 0.6 is 0 Å². The van der Waals surface area contributed by atoms with E-state index in [0.717, 1.165) is 51.1 Å². The Hall–Kier alpha value is -1.55. The summed E-state index contributed by atoms with van der Waals surface area (Å²) in [5, 5.41) is 6.29. The third-order valence-electron chi connectivity index (χ3n) is 3.82. The van der Waals surface area contributed by atoms with E-state index in [1.807, 2.05) is 0 Å². The smallest absolute Gasteiger partial charge is 0.207 e. The van der Waals surface area contributed by atoms with Gasteiger partial charge in [-0.1, -0.05) is 32.9 Å². The lowest BCUT2D eigenvalue weighted by atomic mass is 9.86. The molecule has 2 N–H and O–H groups in total. The van der Waals surface area contributed by atoms with Gasteiger partial charge in [0.1, 0.15) is 5.75 Å². The summed E-state index contributed by atoms with van der Waals surface area (Å²) in [5.74, 6) is 1.01. The van der Waals surface area contributed by atoms with Crippen molar-refractivity contribution in [3.63, 3.8) is 0 Å². The van der Waals surface area contributed by atoms with Crippen molar-refractivity contribution in [1.82, 2.24) is 10.6 Å². The summed E-state index contributed by atoms with van der Waals surface area (Å²) in [5.41, 5.74) is 2.93. The predicted molar refractivity (Wildman–Crippen MR) is 89.1 cm³/mol. The number of carbonyl (C=O) groups excluding carboxylic acids is 1. The van der Waals surface area contributed by atoms with Crippen LogP contribution in [0.1, 0.15) is 50.8 Å². The molecule has 1 atom stereocenters. The summed E-state index contributed by atoms with van der Waals surface area (Å²) in [7, 11) is 0. The Labute approximate surface area is 133 Å². The van der Waals surface area contributed by atoms with Crippen LogP contribution in [0.3, 0.4) is 0 Å². The maximum absolute atomic E-state index is 10.2. The molecule has 0 radical (unpaired) electrons. The van der Waals surface area contributed by atoms with E-state index < -0.39 is 0 Å². The van der Waals surface area contributed by atoms with Gasteiger partial charge in [-0.05, 0) is 36.4 Å². The summed E-state index contributed by atoms with van der Waals surface area (Å²) in [6.07, 6.45) is 3.75. The van der Waals surface area contributed by atoms with Gasteiger partial charge >= 0.3 is 0 Å². The molecule has 4 nitrogen and oxygen atoms in total. The highest BCUT2D eigenvalue weighted by atomic mass is 16.5. The van der Waals surface area contributed by atoms with Gasteiger partial charge in [0.05, 0.1) is 6.61 Å². The van der Waals surface area contributed by atoms with Gasteiger partial charge in [0.2, 0.25) is 6.41 Å². The Morgan fingerprint density at radius 3 is 2.86 bits per heavy atom. The van der Waals surface area contributed by atoms with Crippen LogP contribution in [0, 0.1) is 5.41 Å². The zero-order valence-electron chi connectivity index (χ0n) is 13.9. The Balaban J connectivity index is 2.01. The first-order chi connectivity index (χ1) is 10.5. The van der Waals surface area contributed by atoms with E-state index in [9.17, 15) is 4.79 Å². The van der Waals surface area contributed by atoms with Gasteiger partial charge in [-0.2, -0.15) is 0 Å². The highest BCUT2D eigenvalue weighted by Crippen LogP contribution is 2.34. The van der Waals surface area contributed by atoms with Crippen molar-refractivity contribution >= 4 is 6.41 Å². The van der Waals surface area contributed by atoms with Crippen LogP contribution in [-0.2, 0) is 11.2 Å². The molecule has 0 aliphatic carbocycles. The molecule has 1 aromatic rings. The fraction of sp³-hybridized carbons (Fsp3) is 0.611. The topological polar surface area (TPSA) is 50.4 Å². The number of amides is 1. The van der Waals surface area contributed by atoms with Gasteiger partial charge in [-0.15, -0.1) is 0 Å². The zero-order chi connectivity index (χ0) is 16.0. The third kappa shape index (κ3) is 5.02. The highest BCUT2D eigenvalue weighted by Gasteiger charge is 2.22. The molecule has 1 heterocycles. The lowest BCUT2D eigenvalue weighted by Gasteiger charge is -2.28. The van der Waals surface area contributed by atoms with Crippen molar-refractivity contribution < 1.29 is 9.53 Å². The average Bonchev–Trinajstić information content (AvgIpc) is 2.45. The van der Waals surface area contributed by atoms with E-state index in [4.69, 9.17) is 4.74 Å². The van der Waals surface area contributed by atoms with Crippen molar-refractivity contribution in [3.05, 3.63) is 29.3 Å². The van der Waals surface area contributed by atoms with Crippen LogP contribution in [0.5, 0.6) is 5.75 Å². The SMILES string of the molecule is CC(C)(C)Cc1ccc2c(c1)[C@@H](NCCCNC=O)CCO2. The summed E-state index contributed by atoms with van der Waals surface area (Å²) >= 11 is 0. The number of fused-ring (bicyclic) bond motifs is 1. The lowest BCUT2D eigenvalue weighted by molar-refractivity contribution is -0.109. The van der Waals surface area contributed by atoms with E-state index in [1.165, 1.54) is 11.1 Å². The van der Waals surface area contributed by atoms with Crippen LogP contribution in [-0.4, -0.2) is 26.1 Å². The summed E-state index contributed by atoms with van der Waals surface area (Å²) in [6.45, 7) is 9.16. The fourth-order valence-corrected chi connectivity index (χ4v) is 2.90. The highest BCUT2D eigenvalue weighted by molar-refractivity contribution is 5.45. The quantitative estimate of drug-likeness (QED) is 0.601. The summed E-state index contributed by atoms with van der Waals surface area (Å²) in [6, 6.07) is 6.93. The van der Waals surface area contributed by atoms with Gasteiger partial charge in [-0.3, -0.25) is 4.79 Å². The van der Waals surface area contributed by atoms with E-state index >= 15 is 0 Å². The molecule has 0 saturated carbocycles. The largest absolute Gasteiger partial charge is 0.493 e. The summed E-state index contributed by atoms with van der Waals surface area (Å²) in [4.78, 5) is 10.2. The molecule has 0 spiro atoms. The monoisotopic (exact) mass is 304 g/mol. The number of rotatable bonds is 7. The molecular weight excluding hydrogens is 276 g/mol. The number of hydrogen-bond acceptors (Lipinski definition) is 3. The fourth-order valence-electron chi connectivity index (χ4n) is 2.90. The molecule has 0 unspecified atom stereocenters. The molecule has 4 heteroatoms. The van der Waals surface area contributed by atoms with Crippen LogP contribution in [0.15, 0.2) is 18.2 Å². The van der Waals surface area contributed by atoms with Gasteiger partial charge in [0.15, 0.2) is 0 Å². The van der Waals surface area contributed by atoms with Gasteiger partial charge < -0.3 is 15.4 Å². The third-order valence-corrected chi connectivity index (χ3v) is 3.82. The summed E-state index contributed by atoms with van der Waals surface area (Å²) < 4.78 is 5.79. The first kappa shape index (κ1) is 16.8. The number of nitrogens with one attached hydrogen (secondary N) is 2. The second kappa shape index (κ2) is 7.63. The number of carbonyl (C=O) groups is 1. The maximum Gasteiger partial charge on any atom is 0.207 e. The molecule has 0 fully saturated rings. The van der Waals surface area contributed by atoms with Crippen molar-refractivity contribution in [2.45, 2.75) is 46.1 Å². The maximum atomic E-state index is 10.2. The second-order valence-electron chi connectivity index (χ2n) is 7.18. The number of hydrogen-bond donors (Lipinski definition) is 2. The molecule has 0 aromatic heterocycles. The minimum Gasteiger partial charge on any atom is -0.493 e. The first-order valence-electron chi connectivity index (χ1n) is 8.16. The normalized spacial score (nSPS) is 17.5. The number of benzene rings is 1. The van der Waals surface area contributed by atoms with Gasteiger partial charge in [0, 0.05) is 24.6 Å².